The molecular weight excluding hydrogens is 306 g/mol. The van der Waals surface area contributed by atoms with E-state index >= 15 is 0 Å². The predicted molar refractivity (Wildman–Crippen MR) is 87.0 cm³/mol. The van der Waals surface area contributed by atoms with Gasteiger partial charge >= 0.3 is 0 Å². The third-order valence-electron chi connectivity index (χ3n) is 3.66. The molecule has 4 aromatic rings. The van der Waals surface area contributed by atoms with Crippen molar-refractivity contribution in [2.24, 2.45) is 0 Å². The molecule has 0 saturated heterocycles. The summed E-state index contributed by atoms with van der Waals surface area (Å²) in [7, 11) is 0. The smallest absolute Gasteiger partial charge is 0.259 e. The van der Waals surface area contributed by atoms with Gasteiger partial charge in [-0.2, -0.15) is 10.2 Å². The summed E-state index contributed by atoms with van der Waals surface area (Å²) in [5.74, 6) is 0.264. The lowest BCUT2D eigenvalue weighted by Crippen LogP contribution is -2.17. The Kier molecular flexibility index (Phi) is 3.27. The number of carbonyl (C=O) groups is 1. The van der Waals surface area contributed by atoms with Crippen LogP contribution in [-0.2, 0) is 0 Å². The molecule has 0 fully saturated rings. The van der Waals surface area contributed by atoms with Crippen molar-refractivity contribution in [2.45, 2.75) is 6.92 Å². The van der Waals surface area contributed by atoms with Gasteiger partial charge in [0.15, 0.2) is 11.5 Å². The molecule has 24 heavy (non-hydrogen) atoms. The maximum Gasteiger partial charge on any atom is 0.259 e. The topological polar surface area (TPSA) is 90.0 Å². The van der Waals surface area contributed by atoms with Crippen LogP contribution in [0, 0.1) is 6.92 Å². The monoisotopic (exact) mass is 319 g/mol. The number of hydrogen-bond acceptors (Lipinski definition) is 5. The minimum Gasteiger partial charge on any atom is -0.319 e. The number of nitrogens with zero attached hydrogens (tertiary/aromatic N) is 6. The number of amides is 1. The van der Waals surface area contributed by atoms with Crippen molar-refractivity contribution in [3.8, 4) is 5.82 Å². The number of pyridine rings is 1. The molecule has 1 N–H and O–H groups in total. The fourth-order valence-corrected chi connectivity index (χ4v) is 2.47. The second-order valence-electron chi connectivity index (χ2n) is 5.14. The summed E-state index contributed by atoms with van der Waals surface area (Å²) in [6.07, 6.45) is 8.26. The fraction of sp³-hybridized carbons (Fsp3) is 0.0625. The molecule has 118 valence electrons. The Hall–Kier alpha value is -3.55. The Balaban J connectivity index is 1.70. The van der Waals surface area contributed by atoms with Crippen molar-refractivity contribution >= 4 is 17.2 Å². The van der Waals surface area contributed by atoms with Gasteiger partial charge in [0.2, 0.25) is 0 Å². The molecule has 0 aliphatic carbocycles. The number of rotatable bonds is 3. The maximum absolute atomic E-state index is 12.7. The first-order chi connectivity index (χ1) is 11.7. The highest BCUT2D eigenvalue weighted by molar-refractivity contribution is 6.05. The number of anilines is 1. The number of fused-ring (bicyclic) bond motifs is 1. The van der Waals surface area contributed by atoms with E-state index in [0.717, 1.165) is 0 Å². The van der Waals surface area contributed by atoms with E-state index in [4.69, 9.17) is 0 Å². The van der Waals surface area contributed by atoms with Gasteiger partial charge in [0.05, 0.1) is 23.1 Å². The van der Waals surface area contributed by atoms with E-state index in [0.29, 0.717) is 28.4 Å². The summed E-state index contributed by atoms with van der Waals surface area (Å²) < 4.78 is 3.23. The van der Waals surface area contributed by atoms with Crippen LogP contribution >= 0.6 is 0 Å². The Labute approximate surface area is 136 Å². The average molecular weight is 319 g/mol. The van der Waals surface area contributed by atoms with Crippen LogP contribution in [0.4, 0.5) is 5.69 Å². The number of nitrogens with one attached hydrogen (secondary N) is 1. The van der Waals surface area contributed by atoms with Crippen LogP contribution in [0.25, 0.3) is 11.5 Å². The molecule has 0 bridgehead atoms. The lowest BCUT2D eigenvalue weighted by molar-refractivity contribution is 0.102. The Bertz CT molecular complexity index is 1020. The van der Waals surface area contributed by atoms with Gasteiger partial charge < -0.3 is 5.32 Å². The normalized spacial score (nSPS) is 10.9. The molecule has 4 aromatic heterocycles. The first kappa shape index (κ1) is 14.1. The summed E-state index contributed by atoms with van der Waals surface area (Å²) in [5, 5.41) is 11.2. The molecule has 0 radical (unpaired) electrons. The molecule has 1 amide bonds. The third kappa shape index (κ3) is 2.30. The number of aromatic nitrogens is 6. The van der Waals surface area contributed by atoms with E-state index in [9.17, 15) is 4.79 Å². The molecular formula is C16H13N7O. The van der Waals surface area contributed by atoms with Gasteiger partial charge in [-0.05, 0) is 25.1 Å². The number of aryl methyl sites for hydroxylation is 1. The van der Waals surface area contributed by atoms with E-state index < -0.39 is 0 Å². The van der Waals surface area contributed by atoms with Crippen LogP contribution in [0.3, 0.4) is 0 Å². The summed E-state index contributed by atoms with van der Waals surface area (Å²) in [6, 6.07) is 7.10. The van der Waals surface area contributed by atoms with Crippen molar-refractivity contribution in [3.05, 3.63) is 66.5 Å². The van der Waals surface area contributed by atoms with Crippen molar-refractivity contribution in [2.75, 3.05) is 5.32 Å². The quantitative estimate of drug-likeness (QED) is 0.622. The highest BCUT2D eigenvalue weighted by Crippen LogP contribution is 2.18. The molecule has 8 heteroatoms. The zero-order valence-corrected chi connectivity index (χ0v) is 12.8. The van der Waals surface area contributed by atoms with Crippen LogP contribution < -0.4 is 5.32 Å². The second kappa shape index (κ2) is 5.58. The maximum atomic E-state index is 12.7. The van der Waals surface area contributed by atoms with Crippen molar-refractivity contribution < 1.29 is 4.79 Å². The molecule has 0 aromatic carbocycles. The molecule has 4 heterocycles. The lowest BCUT2D eigenvalue weighted by Gasteiger charge is -2.11. The highest BCUT2D eigenvalue weighted by Gasteiger charge is 2.15. The van der Waals surface area contributed by atoms with E-state index in [1.165, 1.54) is 0 Å². The summed E-state index contributed by atoms with van der Waals surface area (Å²) in [6.45, 7) is 1.83. The Morgan fingerprint density at radius 3 is 2.83 bits per heavy atom. The van der Waals surface area contributed by atoms with Gasteiger partial charge in [-0.3, -0.25) is 4.79 Å². The number of hydrogen-bond donors (Lipinski definition) is 1. The molecule has 8 nitrogen and oxygen atoms in total. The van der Waals surface area contributed by atoms with Crippen LogP contribution in [0.2, 0.25) is 0 Å². The molecule has 0 aliphatic rings. The van der Waals surface area contributed by atoms with Crippen molar-refractivity contribution in [1.29, 1.82) is 0 Å². The fourth-order valence-electron chi connectivity index (χ4n) is 2.47. The molecule has 0 saturated carbocycles. The Morgan fingerprint density at radius 1 is 1.08 bits per heavy atom. The van der Waals surface area contributed by atoms with Gasteiger partial charge in [-0.15, -0.1) is 0 Å². The van der Waals surface area contributed by atoms with E-state index in [-0.39, 0.29) is 5.91 Å². The van der Waals surface area contributed by atoms with Gasteiger partial charge in [-0.25, -0.2) is 19.2 Å². The van der Waals surface area contributed by atoms with E-state index in [2.05, 4.69) is 25.5 Å². The first-order valence-corrected chi connectivity index (χ1v) is 7.30. The average Bonchev–Trinajstić information content (AvgIpc) is 3.27. The second-order valence-corrected chi connectivity index (χ2v) is 5.14. The minimum absolute atomic E-state index is 0.279. The van der Waals surface area contributed by atoms with Gasteiger partial charge in [-0.1, -0.05) is 0 Å². The van der Waals surface area contributed by atoms with Crippen molar-refractivity contribution in [3.63, 3.8) is 0 Å². The Morgan fingerprint density at radius 2 is 2.00 bits per heavy atom. The first-order valence-electron chi connectivity index (χ1n) is 7.30. The third-order valence-corrected chi connectivity index (χ3v) is 3.66. The highest BCUT2D eigenvalue weighted by atomic mass is 16.1. The summed E-state index contributed by atoms with van der Waals surface area (Å²) >= 11 is 0. The molecule has 0 atom stereocenters. The van der Waals surface area contributed by atoms with E-state index in [1.54, 1.807) is 64.4 Å². The lowest BCUT2D eigenvalue weighted by atomic mass is 10.2. The predicted octanol–water partition coefficient (Wildman–Crippen LogP) is 1.87. The number of carbonyl (C=O) groups excluding carboxylic acids is 1. The molecule has 0 spiro atoms. The van der Waals surface area contributed by atoms with Crippen LogP contribution in [-0.4, -0.2) is 35.3 Å². The standard InChI is InChI=1S/C16H13N7O/c1-11-12(10-18-14-5-8-20-23(11)14)16(24)21-13-4-2-6-17-15(13)22-9-3-7-19-22/h2-10H,1H3,(H,21,24). The minimum atomic E-state index is -0.279. The van der Waals surface area contributed by atoms with E-state index in [1.807, 2.05) is 6.92 Å². The van der Waals surface area contributed by atoms with Gasteiger partial charge in [0.25, 0.3) is 5.91 Å². The van der Waals surface area contributed by atoms with Gasteiger partial charge in [0.1, 0.15) is 0 Å². The molecule has 0 unspecified atom stereocenters. The molecule has 4 rings (SSSR count). The van der Waals surface area contributed by atoms with Crippen molar-refractivity contribution in [1.82, 2.24) is 29.4 Å². The zero-order valence-electron chi connectivity index (χ0n) is 12.8. The summed E-state index contributed by atoms with van der Waals surface area (Å²) in [5.41, 5.74) is 2.42. The molecule has 0 aliphatic heterocycles. The summed E-state index contributed by atoms with van der Waals surface area (Å²) in [4.78, 5) is 21.2. The zero-order chi connectivity index (χ0) is 16.5. The SMILES string of the molecule is Cc1c(C(=O)Nc2cccnc2-n2cccn2)cnc2ccnn12. The van der Waals surface area contributed by atoms with Crippen LogP contribution in [0.15, 0.2) is 55.2 Å². The van der Waals surface area contributed by atoms with Gasteiger partial charge in [0, 0.05) is 30.9 Å². The van der Waals surface area contributed by atoms with Crippen LogP contribution in [0.5, 0.6) is 0 Å². The largest absolute Gasteiger partial charge is 0.319 e. The van der Waals surface area contributed by atoms with Crippen LogP contribution in [0.1, 0.15) is 16.1 Å².